The van der Waals surface area contributed by atoms with Gasteiger partial charge in [0.1, 0.15) is 5.82 Å². The normalized spacial score (nSPS) is 11.3. The van der Waals surface area contributed by atoms with Gasteiger partial charge in [-0.15, -0.1) is 0 Å². The molecule has 3 rings (SSSR count). The van der Waals surface area contributed by atoms with Crippen LogP contribution in [0.1, 0.15) is 22.4 Å². The molecular weight excluding hydrogens is 339 g/mol. The fourth-order valence-electron chi connectivity index (χ4n) is 3.27. The molecule has 0 saturated carbocycles. The third kappa shape index (κ3) is 5.78. The largest absolute Gasteiger partial charge is 0.383 e. The van der Waals surface area contributed by atoms with E-state index in [0.717, 1.165) is 31.7 Å². The van der Waals surface area contributed by atoms with Crippen LogP contribution in [-0.2, 0) is 24.4 Å². The van der Waals surface area contributed by atoms with Crippen LogP contribution >= 0.6 is 0 Å². The maximum absolute atomic E-state index is 13.2. The maximum atomic E-state index is 13.2. The molecule has 3 nitrogen and oxygen atoms in total. The lowest BCUT2D eigenvalue weighted by Crippen LogP contribution is -2.27. The van der Waals surface area contributed by atoms with E-state index in [2.05, 4.69) is 59.0 Å². The second kappa shape index (κ2) is 9.49. The van der Waals surface area contributed by atoms with Crippen LogP contribution in [0.5, 0.6) is 0 Å². The Hall–Kier alpha value is -2.43. The summed E-state index contributed by atoms with van der Waals surface area (Å²) in [5.74, 6) is -0.200. The molecule has 0 saturated heterocycles. The third-order valence-corrected chi connectivity index (χ3v) is 4.68. The molecule has 142 valence electrons. The molecule has 0 spiro atoms. The van der Waals surface area contributed by atoms with Crippen molar-refractivity contribution in [2.45, 2.75) is 26.6 Å². The van der Waals surface area contributed by atoms with E-state index in [-0.39, 0.29) is 5.82 Å². The number of aryl methyl sites for hydroxylation is 1. The number of nitrogens with zero attached hydrogens (tertiary/aromatic N) is 2. The van der Waals surface area contributed by atoms with Gasteiger partial charge in [-0.3, -0.25) is 4.90 Å². The van der Waals surface area contributed by atoms with Gasteiger partial charge in [0.15, 0.2) is 0 Å². The zero-order valence-corrected chi connectivity index (χ0v) is 16.1. The van der Waals surface area contributed by atoms with Crippen molar-refractivity contribution in [1.29, 1.82) is 0 Å². The van der Waals surface area contributed by atoms with E-state index < -0.39 is 0 Å². The van der Waals surface area contributed by atoms with Crippen LogP contribution in [0.25, 0.3) is 0 Å². The van der Waals surface area contributed by atoms with E-state index in [1.165, 1.54) is 29.0 Å². The van der Waals surface area contributed by atoms with Gasteiger partial charge < -0.3 is 9.30 Å². The van der Waals surface area contributed by atoms with Crippen LogP contribution in [0.4, 0.5) is 4.39 Å². The molecule has 0 aliphatic carbocycles. The van der Waals surface area contributed by atoms with Crippen molar-refractivity contribution >= 4 is 0 Å². The zero-order chi connectivity index (χ0) is 19.1. The topological polar surface area (TPSA) is 17.4 Å². The molecule has 0 aliphatic heterocycles. The quantitative estimate of drug-likeness (QED) is 0.549. The van der Waals surface area contributed by atoms with Crippen molar-refractivity contribution in [3.8, 4) is 0 Å². The highest BCUT2D eigenvalue weighted by molar-refractivity contribution is 5.23. The van der Waals surface area contributed by atoms with Gasteiger partial charge in [-0.25, -0.2) is 4.39 Å². The highest BCUT2D eigenvalue weighted by Crippen LogP contribution is 2.14. The van der Waals surface area contributed by atoms with Crippen molar-refractivity contribution in [2.24, 2.45) is 0 Å². The second-order valence-corrected chi connectivity index (χ2v) is 6.95. The number of hydrogen-bond donors (Lipinski definition) is 0. The minimum absolute atomic E-state index is 0.200. The molecule has 2 aromatic carbocycles. The molecule has 27 heavy (non-hydrogen) atoms. The summed E-state index contributed by atoms with van der Waals surface area (Å²) in [5.41, 5.74) is 4.94. The monoisotopic (exact) mass is 366 g/mol. The van der Waals surface area contributed by atoms with Crippen molar-refractivity contribution in [3.05, 3.63) is 95.1 Å². The van der Waals surface area contributed by atoms with E-state index in [0.29, 0.717) is 6.61 Å². The van der Waals surface area contributed by atoms with Gasteiger partial charge in [-0.05, 0) is 42.3 Å². The van der Waals surface area contributed by atoms with E-state index in [1.807, 2.05) is 12.1 Å². The summed E-state index contributed by atoms with van der Waals surface area (Å²) in [6, 6.07) is 19.6. The standard InChI is InChI=1S/C23H27FN2O/c1-19-5-3-6-21(15-19)17-26-12-4-7-23(26)18-25(13-14-27-2)16-20-8-10-22(24)11-9-20/h3-12,15H,13-14,16-18H2,1-2H3. The number of halogens is 1. The first kappa shape index (κ1) is 19.3. The summed E-state index contributed by atoms with van der Waals surface area (Å²) in [7, 11) is 1.72. The predicted octanol–water partition coefficient (Wildman–Crippen LogP) is 4.63. The fraction of sp³-hybridized carbons (Fsp3) is 0.304. The van der Waals surface area contributed by atoms with Crippen LogP contribution in [-0.4, -0.2) is 29.7 Å². The summed E-state index contributed by atoms with van der Waals surface area (Å²) in [6.45, 7) is 6.05. The molecule has 0 atom stereocenters. The second-order valence-electron chi connectivity index (χ2n) is 6.95. The van der Waals surface area contributed by atoms with Crippen molar-refractivity contribution in [3.63, 3.8) is 0 Å². The van der Waals surface area contributed by atoms with Crippen LogP contribution in [0.15, 0.2) is 66.9 Å². The molecule has 0 aliphatic rings. The highest BCUT2D eigenvalue weighted by atomic mass is 19.1. The summed E-state index contributed by atoms with van der Waals surface area (Å²) < 4.78 is 20.8. The summed E-state index contributed by atoms with van der Waals surface area (Å²) in [4.78, 5) is 2.33. The van der Waals surface area contributed by atoms with Crippen molar-refractivity contribution in [2.75, 3.05) is 20.3 Å². The first-order chi connectivity index (χ1) is 13.1. The smallest absolute Gasteiger partial charge is 0.123 e. The van der Waals surface area contributed by atoms with Gasteiger partial charge in [0, 0.05) is 45.2 Å². The Kier molecular flexibility index (Phi) is 6.80. The van der Waals surface area contributed by atoms with Crippen molar-refractivity contribution < 1.29 is 9.13 Å². The van der Waals surface area contributed by atoms with Gasteiger partial charge in [0.25, 0.3) is 0 Å². The SMILES string of the molecule is COCCN(Cc1ccc(F)cc1)Cc1cccn1Cc1cccc(C)c1. The van der Waals surface area contributed by atoms with Gasteiger partial charge in [-0.2, -0.15) is 0 Å². The fourth-order valence-corrected chi connectivity index (χ4v) is 3.27. The summed E-state index contributed by atoms with van der Waals surface area (Å²) in [5, 5.41) is 0. The van der Waals surface area contributed by atoms with Gasteiger partial charge in [-0.1, -0.05) is 42.0 Å². The molecule has 1 heterocycles. The Balaban J connectivity index is 1.71. The van der Waals surface area contributed by atoms with E-state index in [4.69, 9.17) is 4.74 Å². The van der Waals surface area contributed by atoms with Crippen LogP contribution in [0.3, 0.4) is 0 Å². The molecule has 0 bridgehead atoms. The lowest BCUT2D eigenvalue weighted by Gasteiger charge is -2.23. The van der Waals surface area contributed by atoms with Gasteiger partial charge >= 0.3 is 0 Å². The van der Waals surface area contributed by atoms with Gasteiger partial charge in [0.05, 0.1) is 6.61 Å². The van der Waals surface area contributed by atoms with E-state index in [1.54, 1.807) is 7.11 Å². The molecule has 4 heteroatoms. The Bertz CT molecular complexity index is 842. The number of ether oxygens (including phenoxy) is 1. The number of benzene rings is 2. The number of aromatic nitrogens is 1. The Morgan fingerprint density at radius 3 is 2.52 bits per heavy atom. The molecule has 0 radical (unpaired) electrons. The third-order valence-electron chi connectivity index (χ3n) is 4.68. The zero-order valence-electron chi connectivity index (χ0n) is 16.1. The number of methoxy groups -OCH3 is 1. The van der Waals surface area contributed by atoms with Crippen LogP contribution < -0.4 is 0 Å². The highest BCUT2D eigenvalue weighted by Gasteiger charge is 2.11. The molecule has 0 unspecified atom stereocenters. The van der Waals surface area contributed by atoms with E-state index in [9.17, 15) is 4.39 Å². The average Bonchev–Trinajstić information content (AvgIpc) is 3.08. The summed E-state index contributed by atoms with van der Waals surface area (Å²) in [6.07, 6.45) is 2.13. The van der Waals surface area contributed by atoms with Crippen molar-refractivity contribution in [1.82, 2.24) is 9.47 Å². The van der Waals surface area contributed by atoms with Gasteiger partial charge in [0.2, 0.25) is 0 Å². The molecule has 1 aromatic heterocycles. The Morgan fingerprint density at radius 1 is 0.963 bits per heavy atom. The molecule has 3 aromatic rings. The Labute approximate surface area is 161 Å². The lowest BCUT2D eigenvalue weighted by molar-refractivity contribution is 0.138. The summed E-state index contributed by atoms with van der Waals surface area (Å²) >= 11 is 0. The lowest BCUT2D eigenvalue weighted by atomic mass is 10.1. The Morgan fingerprint density at radius 2 is 1.78 bits per heavy atom. The first-order valence-electron chi connectivity index (χ1n) is 9.29. The van der Waals surface area contributed by atoms with Crippen LogP contribution in [0.2, 0.25) is 0 Å². The molecule has 0 fully saturated rings. The first-order valence-corrected chi connectivity index (χ1v) is 9.29. The average molecular weight is 366 g/mol. The van der Waals surface area contributed by atoms with Crippen LogP contribution in [0, 0.1) is 12.7 Å². The minimum atomic E-state index is -0.200. The number of hydrogen-bond acceptors (Lipinski definition) is 2. The minimum Gasteiger partial charge on any atom is -0.383 e. The molecule has 0 amide bonds. The molecule has 0 N–H and O–H groups in total. The maximum Gasteiger partial charge on any atom is 0.123 e. The van der Waals surface area contributed by atoms with E-state index >= 15 is 0 Å². The molecular formula is C23H27FN2O. The number of rotatable bonds is 9. The predicted molar refractivity (Wildman–Crippen MR) is 107 cm³/mol.